The monoisotopic (exact) mass is 1470 g/mol. The second-order valence-corrected chi connectivity index (χ2v) is 59.2. The highest BCUT2D eigenvalue weighted by Gasteiger charge is 2.32. The van der Waals surface area contributed by atoms with Gasteiger partial charge in [0, 0.05) is 67.3 Å². The molecule has 8 aromatic rings. The molecule has 0 aliphatic heterocycles. The van der Waals surface area contributed by atoms with Crippen molar-refractivity contribution in [3.8, 4) is 45.0 Å². The Hall–Kier alpha value is -5.65. The number of nitrogens with zero attached hydrogens (tertiary/aromatic N) is 4. The van der Waals surface area contributed by atoms with E-state index in [1.54, 1.807) is 43.0 Å². The Balaban J connectivity index is 0.000000249. The van der Waals surface area contributed by atoms with Crippen LogP contribution in [-0.2, 0) is 65.7 Å². The Morgan fingerprint density at radius 1 is 0.317 bits per heavy atom. The molecule has 0 atom stereocenters. The number of hydrogen-bond donors (Lipinski definition) is 0. The van der Waals surface area contributed by atoms with Crippen LogP contribution in [0.1, 0.15) is 209 Å². The third kappa shape index (κ3) is 24.7. The van der Waals surface area contributed by atoms with Crippen LogP contribution in [0.4, 0.5) is 0 Å². The van der Waals surface area contributed by atoms with Gasteiger partial charge in [-0.15, -0.1) is 0 Å². The number of benzene rings is 4. The van der Waals surface area contributed by atoms with Gasteiger partial charge >= 0.3 is 0 Å². The van der Waals surface area contributed by atoms with Gasteiger partial charge in [-0.1, -0.05) is 245 Å². The lowest BCUT2D eigenvalue weighted by Crippen LogP contribution is -2.47. The van der Waals surface area contributed by atoms with Crippen molar-refractivity contribution < 1.29 is 18.3 Å². The van der Waals surface area contributed by atoms with Gasteiger partial charge in [-0.05, 0) is 211 Å². The van der Waals surface area contributed by atoms with E-state index < -0.39 is 32.3 Å². The summed E-state index contributed by atoms with van der Waals surface area (Å²) in [6.07, 6.45) is 17.9. The molecular formula is C96H152N4Si4+4. The Labute approximate surface area is 644 Å². The van der Waals surface area contributed by atoms with Crippen LogP contribution in [0.5, 0.6) is 0 Å². The minimum absolute atomic E-state index is 0.167. The molecule has 4 nitrogen and oxygen atoms in total. The maximum absolute atomic E-state index is 2.49. The Kier molecular flexibility index (Phi) is 31.6. The summed E-state index contributed by atoms with van der Waals surface area (Å²) >= 11 is 0. The molecule has 0 aliphatic carbocycles. The highest BCUT2D eigenvalue weighted by molar-refractivity contribution is 6.90. The van der Waals surface area contributed by atoms with Crippen molar-refractivity contribution in [1.82, 2.24) is 0 Å². The van der Waals surface area contributed by atoms with E-state index in [0.29, 0.717) is 41.4 Å². The maximum atomic E-state index is 2.49. The quantitative estimate of drug-likeness (QED) is 0.0475. The summed E-state index contributed by atoms with van der Waals surface area (Å²) in [6.45, 7) is 77.7. The van der Waals surface area contributed by atoms with E-state index in [2.05, 4.69) is 392 Å². The molecule has 0 saturated heterocycles. The van der Waals surface area contributed by atoms with Gasteiger partial charge in [0.2, 0.25) is 22.8 Å². The molecule has 0 saturated carbocycles. The Morgan fingerprint density at radius 2 is 0.577 bits per heavy atom. The fourth-order valence-corrected chi connectivity index (χ4v) is 22.0. The summed E-state index contributed by atoms with van der Waals surface area (Å²) in [6, 6.07) is 37.9. The van der Waals surface area contributed by atoms with Crippen LogP contribution in [-0.4, -0.2) is 32.3 Å². The van der Waals surface area contributed by atoms with Gasteiger partial charge in [-0.3, -0.25) is 0 Å². The average molecular weight is 1470 g/mol. The molecule has 0 aliphatic rings. The largest absolute Gasteiger partial charge is 0.212 e. The number of pyridine rings is 4. The van der Waals surface area contributed by atoms with Gasteiger partial charge in [0.25, 0.3) is 0 Å². The summed E-state index contributed by atoms with van der Waals surface area (Å²) in [4.78, 5) is 0. The molecule has 0 bridgehead atoms. The molecule has 0 radical (unpaired) electrons. The van der Waals surface area contributed by atoms with Crippen molar-refractivity contribution in [2.24, 2.45) is 57.8 Å². The van der Waals surface area contributed by atoms with Crippen LogP contribution in [0.25, 0.3) is 45.0 Å². The predicted molar refractivity (Wildman–Crippen MR) is 472 cm³/mol. The molecule has 0 N–H and O–H groups in total. The lowest BCUT2D eigenvalue weighted by Gasteiger charge is -2.23. The van der Waals surface area contributed by atoms with Crippen LogP contribution >= 0.6 is 0 Å². The normalized spacial score (nSPS) is 12.4. The van der Waals surface area contributed by atoms with Gasteiger partial charge in [-0.25, -0.2) is 18.3 Å². The fraction of sp³-hybridized carbons (Fsp3) is 0.542. The van der Waals surface area contributed by atoms with Gasteiger partial charge in [0.05, 0.1) is 32.3 Å². The zero-order chi connectivity index (χ0) is 78.8. The van der Waals surface area contributed by atoms with Gasteiger partial charge < -0.3 is 0 Å². The van der Waals surface area contributed by atoms with Crippen LogP contribution in [0, 0.1) is 57.3 Å². The first kappa shape index (κ1) is 89.0. The Bertz CT molecular complexity index is 4160. The SMILES string of the molecule is CCC(CC)c1ccc(C)c(-c2cc(CC(C)C)c([Si](C)(C)C)c[n+]2C)c1.Cc1ccc(C(C)(C)C)cc1-c1cc(CC(C)C)c([Si](C)(C)C)c[n+]1C.Cc1ccc(C(C)C)cc1-c1cc(CC(C)C)c([Si](C)(C)C)c[n+]1C.Cc1ccc(CC(C)C)cc1-c1cc(CC(C)C)c([Si](C)(C)C)c[n+]1C. The average Bonchev–Trinajstić information content (AvgIpc) is 0.820. The first-order valence-electron chi connectivity index (χ1n) is 40.4. The molecule has 4 aromatic heterocycles. The van der Waals surface area contributed by atoms with Crippen molar-refractivity contribution in [2.45, 2.75) is 286 Å². The smallest absolute Gasteiger partial charge is 0.201 e. The molecule has 4 aromatic carbocycles. The summed E-state index contributed by atoms with van der Waals surface area (Å²) < 4.78 is 9.44. The number of hydrogen-bond acceptors (Lipinski definition) is 0. The first-order chi connectivity index (χ1) is 47.9. The van der Waals surface area contributed by atoms with Crippen molar-refractivity contribution in [3.05, 3.63) is 189 Å². The second kappa shape index (κ2) is 37.0. The number of aromatic nitrogens is 4. The predicted octanol–water partition coefficient (Wildman–Crippen LogP) is 22.4. The molecule has 8 heteroatoms. The molecule has 568 valence electrons. The minimum Gasteiger partial charge on any atom is -0.201 e. The third-order valence-electron chi connectivity index (χ3n) is 21.0. The molecule has 0 spiro atoms. The summed E-state index contributed by atoms with van der Waals surface area (Å²) in [5.74, 6) is 4.61. The van der Waals surface area contributed by atoms with Crippen LogP contribution in [0.2, 0.25) is 78.6 Å². The Morgan fingerprint density at radius 3 is 0.846 bits per heavy atom. The van der Waals surface area contributed by atoms with Crippen LogP contribution in [0.3, 0.4) is 0 Å². The van der Waals surface area contributed by atoms with Crippen LogP contribution in [0.15, 0.2) is 122 Å². The molecular weight excluding hydrogens is 1320 g/mol. The first-order valence-corrected chi connectivity index (χ1v) is 54.4. The second-order valence-electron chi connectivity index (χ2n) is 39.1. The van der Waals surface area contributed by atoms with Gasteiger partial charge in [-0.2, -0.15) is 0 Å². The summed E-state index contributed by atoms with van der Waals surface area (Å²) in [5.41, 5.74) is 28.5. The molecule has 0 fully saturated rings. The van der Waals surface area contributed by atoms with E-state index in [-0.39, 0.29) is 5.41 Å². The van der Waals surface area contributed by atoms with Crippen LogP contribution < -0.4 is 39.0 Å². The van der Waals surface area contributed by atoms with Crippen molar-refractivity contribution in [3.63, 3.8) is 0 Å². The van der Waals surface area contributed by atoms with Crippen molar-refractivity contribution in [2.75, 3.05) is 0 Å². The van der Waals surface area contributed by atoms with E-state index in [9.17, 15) is 0 Å². The lowest BCUT2D eigenvalue weighted by atomic mass is 9.84. The van der Waals surface area contributed by atoms with Gasteiger partial charge in [0.1, 0.15) is 28.2 Å². The van der Waals surface area contributed by atoms with E-state index in [1.165, 1.54) is 109 Å². The topological polar surface area (TPSA) is 15.5 Å². The molecule has 0 unspecified atom stereocenters. The summed E-state index contributed by atoms with van der Waals surface area (Å²) in [7, 11) is 3.38. The molecule has 4 heterocycles. The molecule has 104 heavy (non-hydrogen) atoms. The third-order valence-corrected chi connectivity index (χ3v) is 29.2. The van der Waals surface area contributed by atoms with E-state index in [0.717, 1.165) is 25.7 Å². The highest BCUT2D eigenvalue weighted by Crippen LogP contribution is 2.34. The van der Waals surface area contributed by atoms with E-state index in [4.69, 9.17) is 0 Å². The molecule has 0 amide bonds. The van der Waals surface area contributed by atoms with E-state index in [1.807, 2.05) is 0 Å². The van der Waals surface area contributed by atoms with E-state index >= 15 is 0 Å². The highest BCUT2D eigenvalue weighted by atomic mass is 28.3. The standard InChI is InChI=1S/C25H40NSi.2C24H38NSi.C23H36NSi/c1-10-20(11-2)21-13-12-19(5)23(15-21)24-16-22(14-18(3)4)25(17-26(24)6)27(7,8)9;1-17(2)13-19-14-22(25(7)16-23(19)26(8,9)10)21-15-20(24(4,5)6)12-11-18(21)3;1-17(2)12-20-11-10-19(5)22(14-20)23-15-21(13-18(3)4)24(16-25(23)6)26(7,8)9;1-16(2)12-20-14-22(24(6)15-23(20)25(7,8)9)21-13-19(17(3)4)11-10-18(21)5/h12-13,15-18,20H,10-11,14H2,1-9H3;11-12,14-17H,13H2,1-10H3;10-11,14-18H,12-13H2,1-9H3;10-11,13-17H,12H2,1-9H3/q4*+1. The zero-order valence-electron chi connectivity index (χ0n) is 73.8. The summed E-state index contributed by atoms with van der Waals surface area (Å²) in [5, 5.41) is 6.41. The lowest BCUT2D eigenvalue weighted by molar-refractivity contribution is -0.659. The molecule has 8 rings (SSSR count). The van der Waals surface area contributed by atoms with Crippen molar-refractivity contribution in [1.29, 1.82) is 0 Å². The number of aryl methyl sites for hydroxylation is 8. The minimum atomic E-state index is -1.38. The maximum Gasteiger partial charge on any atom is 0.212 e. The zero-order valence-corrected chi connectivity index (χ0v) is 77.8. The van der Waals surface area contributed by atoms with Crippen molar-refractivity contribution >= 4 is 53.0 Å². The number of rotatable bonds is 22. The van der Waals surface area contributed by atoms with Gasteiger partial charge in [0.15, 0.2) is 24.8 Å². The fourth-order valence-electron chi connectivity index (χ4n) is 15.1.